The molecule has 0 aromatic heterocycles. The van der Waals surface area contributed by atoms with Crippen molar-refractivity contribution in [3.8, 4) is 0 Å². The van der Waals surface area contributed by atoms with Crippen molar-refractivity contribution in [1.29, 1.82) is 0 Å². The number of anilines is 1. The fraction of sp³-hybridized carbons (Fsp3) is 0.167. The van der Waals surface area contributed by atoms with Crippen LogP contribution in [0.4, 0.5) is 5.69 Å². The molecule has 1 aromatic rings. The van der Waals surface area contributed by atoms with Crippen LogP contribution in [0.3, 0.4) is 0 Å². The minimum atomic E-state index is -1.23. The van der Waals surface area contributed by atoms with Crippen molar-refractivity contribution in [2.75, 3.05) is 11.4 Å². The lowest BCUT2D eigenvalue weighted by molar-refractivity contribution is -0.141. The molecule has 1 aromatic carbocycles. The predicted molar refractivity (Wildman–Crippen MR) is 60.9 cm³/mol. The van der Waals surface area contributed by atoms with Gasteiger partial charge in [-0.15, -0.1) is 0 Å². The molecule has 0 spiro atoms. The van der Waals surface area contributed by atoms with Gasteiger partial charge in [-0.2, -0.15) is 0 Å². The lowest BCUT2D eigenvalue weighted by Crippen LogP contribution is -2.51. The number of carboxylic acids is 1. The molecule has 2 heterocycles. The molecule has 4 nitrogen and oxygen atoms in total. The van der Waals surface area contributed by atoms with Gasteiger partial charge < -0.3 is 10.0 Å². The predicted octanol–water partition coefficient (Wildman–Crippen LogP) is 1.28. The first-order valence-corrected chi connectivity index (χ1v) is 5.07. The molecule has 80 valence electrons. The second-order valence-electron chi connectivity index (χ2n) is 3.86. The molecule has 0 saturated carbocycles. The molecule has 1 atom stereocenters. The Kier molecular flexibility index (Phi) is 1.68. The minimum absolute atomic E-state index is 0.584. The van der Waals surface area contributed by atoms with Crippen molar-refractivity contribution >= 4 is 17.9 Å². The highest BCUT2D eigenvalue weighted by Crippen LogP contribution is 2.36. The van der Waals surface area contributed by atoms with E-state index in [2.05, 4.69) is 4.99 Å². The first-order chi connectivity index (χ1) is 7.74. The van der Waals surface area contributed by atoms with E-state index in [0.29, 0.717) is 6.54 Å². The third-order valence-electron chi connectivity index (χ3n) is 2.99. The zero-order chi connectivity index (χ0) is 11.2. The highest BCUT2D eigenvalue weighted by molar-refractivity contribution is 5.99. The standard InChI is InChI=1S/C12H10N2O2/c15-11(16)12-6-3-7-14(12)10-5-2-1-4-9(10)8-13-12/h1-6,8H,7H2,(H,15,16). The zero-order valence-corrected chi connectivity index (χ0v) is 8.50. The molecule has 0 fully saturated rings. The van der Waals surface area contributed by atoms with Crippen LogP contribution in [0.1, 0.15) is 5.56 Å². The summed E-state index contributed by atoms with van der Waals surface area (Å²) in [5.74, 6) is -0.938. The summed E-state index contributed by atoms with van der Waals surface area (Å²) in [6.45, 7) is 0.584. The minimum Gasteiger partial charge on any atom is -0.478 e. The van der Waals surface area contributed by atoms with E-state index in [1.165, 1.54) is 0 Å². The molecule has 1 N–H and O–H groups in total. The molecule has 2 aliphatic heterocycles. The van der Waals surface area contributed by atoms with Crippen molar-refractivity contribution in [2.45, 2.75) is 5.66 Å². The van der Waals surface area contributed by atoms with Crippen LogP contribution in [0.2, 0.25) is 0 Å². The Morgan fingerprint density at radius 3 is 3.06 bits per heavy atom. The number of carbonyl (C=O) groups is 1. The smallest absolute Gasteiger partial charge is 0.356 e. The molecule has 0 saturated heterocycles. The fourth-order valence-corrected chi connectivity index (χ4v) is 2.20. The number of carboxylic acid groups (broad SMARTS) is 1. The topological polar surface area (TPSA) is 52.9 Å². The summed E-state index contributed by atoms with van der Waals surface area (Å²) in [5, 5.41) is 9.32. The van der Waals surface area contributed by atoms with E-state index in [-0.39, 0.29) is 0 Å². The summed E-state index contributed by atoms with van der Waals surface area (Å²) in [6.07, 6.45) is 5.12. The van der Waals surface area contributed by atoms with Crippen LogP contribution in [0, 0.1) is 0 Å². The summed E-state index contributed by atoms with van der Waals surface area (Å²) >= 11 is 0. The largest absolute Gasteiger partial charge is 0.478 e. The Bertz CT molecular complexity index is 522. The van der Waals surface area contributed by atoms with Crippen molar-refractivity contribution in [1.82, 2.24) is 0 Å². The summed E-state index contributed by atoms with van der Waals surface area (Å²) in [6, 6.07) is 7.68. The Labute approximate surface area is 92.5 Å². The van der Waals surface area contributed by atoms with Crippen LogP contribution in [0.25, 0.3) is 0 Å². The van der Waals surface area contributed by atoms with Crippen molar-refractivity contribution < 1.29 is 9.90 Å². The highest BCUT2D eigenvalue weighted by Gasteiger charge is 2.46. The Morgan fingerprint density at radius 1 is 1.44 bits per heavy atom. The van der Waals surface area contributed by atoms with Gasteiger partial charge in [0.2, 0.25) is 5.66 Å². The summed E-state index contributed by atoms with van der Waals surface area (Å²) in [5.41, 5.74) is 0.655. The van der Waals surface area contributed by atoms with Gasteiger partial charge in [0, 0.05) is 24.0 Å². The molecule has 0 bridgehead atoms. The number of hydrogen-bond donors (Lipinski definition) is 1. The molecular formula is C12H10N2O2. The molecule has 4 heteroatoms. The fourth-order valence-electron chi connectivity index (χ4n) is 2.20. The molecule has 2 aliphatic rings. The third kappa shape index (κ3) is 0.984. The van der Waals surface area contributed by atoms with Gasteiger partial charge in [0.15, 0.2) is 0 Å². The maximum atomic E-state index is 11.4. The van der Waals surface area contributed by atoms with Crippen LogP contribution in [-0.2, 0) is 4.79 Å². The molecule has 0 radical (unpaired) electrons. The molecule has 3 rings (SSSR count). The van der Waals surface area contributed by atoms with E-state index in [1.54, 1.807) is 17.2 Å². The maximum Gasteiger partial charge on any atom is 0.356 e. The average molecular weight is 214 g/mol. The van der Waals surface area contributed by atoms with Gasteiger partial charge in [0.1, 0.15) is 0 Å². The van der Waals surface area contributed by atoms with E-state index in [1.807, 2.05) is 30.3 Å². The Balaban J connectivity index is 2.20. The molecular weight excluding hydrogens is 204 g/mol. The summed E-state index contributed by atoms with van der Waals surface area (Å²) < 4.78 is 0. The van der Waals surface area contributed by atoms with Crippen LogP contribution in [-0.4, -0.2) is 29.5 Å². The number of aliphatic imine (C=N–C) groups is 1. The molecule has 16 heavy (non-hydrogen) atoms. The van der Waals surface area contributed by atoms with Crippen LogP contribution in [0.5, 0.6) is 0 Å². The maximum absolute atomic E-state index is 11.4. The molecule has 1 unspecified atom stereocenters. The van der Waals surface area contributed by atoms with Crippen molar-refractivity contribution in [3.05, 3.63) is 42.0 Å². The third-order valence-corrected chi connectivity index (χ3v) is 2.99. The zero-order valence-electron chi connectivity index (χ0n) is 8.50. The van der Waals surface area contributed by atoms with Crippen molar-refractivity contribution in [3.63, 3.8) is 0 Å². The number of nitrogens with zero attached hydrogens (tertiary/aromatic N) is 2. The molecule has 0 amide bonds. The SMILES string of the molecule is O=C(O)C12C=CCN1c1ccccc1C=N2. The second-order valence-corrected chi connectivity index (χ2v) is 3.86. The van der Waals surface area contributed by atoms with Gasteiger partial charge in [0.05, 0.1) is 0 Å². The highest BCUT2D eigenvalue weighted by atomic mass is 16.4. The number of fused-ring (bicyclic) bond motifs is 3. The van der Waals surface area contributed by atoms with Gasteiger partial charge in [-0.3, -0.25) is 0 Å². The first-order valence-electron chi connectivity index (χ1n) is 5.07. The van der Waals surface area contributed by atoms with Gasteiger partial charge >= 0.3 is 5.97 Å². The van der Waals surface area contributed by atoms with Crippen LogP contribution in [0.15, 0.2) is 41.4 Å². The average Bonchev–Trinajstić information content (AvgIpc) is 2.74. The van der Waals surface area contributed by atoms with E-state index < -0.39 is 11.6 Å². The van der Waals surface area contributed by atoms with Gasteiger partial charge in [-0.05, 0) is 12.1 Å². The lowest BCUT2D eigenvalue weighted by atomic mass is 10.0. The summed E-state index contributed by atoms with van der Waals surface area (Å²) in [7, 11) is 0. The van der Waals surface area contributed by atoms with E-state index in [0.717, 1.165) is 11.3 Å². The summed E-state index contributed by atoms with van der Waals surface area (Å²) in [4.78, 5) is 17.3. The molecule has 0 aliphatic carbocycles. The van der Waals surface area contributed by atoms with E-state index in [9.17, 15) is 9.90 Å². The van der Waals surface area contributed by atoms with E-state index >= 15 is 0 Å². The van der Waals surface area contributed by atoms with Crippen molar-refractivity contribution in [2.24, 2.45) is 4.99 Å². The normalized spacial score (nSPS) is 25.4. The first kappa shape index (κ1) is 9.15. The van der Waals surface area contributed by atoms with Crippen LogP contribution < -0.4 is 4.90 Å². The van der Waals surface area contributed by atoms with Gasteiger partial charge in [-0.25, -0.2) is 9.79 Å². The Hall–Kier alpha value is -2.10. The quantitative estimate of drug-likeness (QED) is 0.716. The number of aliphatic carboxylic acids is 1. The number of benzene rings is 1. The monoisotopic (exact) mass is 214 g/mol. The van der Waals surface area contributed by atoms with E-state index in [4.69, 9.17) is 0 Å². The second kappa shape index (κ2) is 2.95. The van der Waals surface area contributed by atoms with Gasteiger partial charge in [-0.1, -0.05) is 24.3 Å². The lowest BCUT2D eigenvalue weighted by Gasteiger charge is -2.36. The number of para-hydroxylation sites is 1. The van der Waals surface area contributed by atoms with Gasteiger partial charge in [0.25, 0.3) is 0 Å². The number of rotatable bonds is 1. The number of hydrogen-bond acceptors (Lipinski definition) is 3. The Morgan fingerprint density at radius 2 is 2.25 bits per heavy atom. The van der Waals surface area contributed by atoms with Crippen LogP contribution >= 0.6 is 0 Å².